The summed E-state index contributed by atoms with van der Waals surface area (Å²) in [6.45, 7) is 6.28. The minimum atomic E-state index is -1.72. The molecule has 0 radical (unpaired) electrons. The van der Waals surface area contributed by atoms with Crippen LogP contribution in [-0.2, 0) is 33.3 Å². The molecule has 0 aromatic carbocycles. The van der Waals surface area contributed by atoms with Gasteiger partial charge in [0.1, 0.15) is 18.5 Å². The van der Waals surface area contributed by atoms with Crippen LogP contribution in [0.15, 0.2) is 23.3 Å². The number of carbonyl (C=O) groups is 2. The van der Waals surface area contributed by atoms with Crippen molar-refractivity contribution in [2.45, 2.75) is 108 Å². The maximum absolute atomic E-state index is 14.2. The van der Waals surface area contributed by atoms with Gasteiger partial charge in [-0.3, -0.25) is 4.79 Å². The number of methoxy groups -OCH3 is 1. The standard InChI is InChI=1S/C30H40O9/c1-15-9-23(35-4)30(34)26(37-15)38-21-11-17-5-6-19-25(27(17,2)13-22(21)39-30)20(31)12-28(3)18(7-8-29(19,28)33)16-10-24(32)36-14-16/h7,10,15,17,19,21-23,25-26,33-34H,5-6,8-9,11-14H2,1-4H3/t15-,17-,19-,21-,22-,23-,25+,26+,27+,28-,29+,30+/m1/s1. The number of ether oxygens (including phenoxy) is 5. The molecule has 2 N–H and O–H groups in total. The lowest BCUT2D eigenvalue weighted by atomic mass is 9.42. The minimum absolute atomic E-state index is 0.130. The molecule has 9 nitrogen and oxygen atoms in total. The summed E-state index contributed by atoms with van der Waals surface area (Å²) in [5.74, 6) is -2.24. The van der Waals surface area contributed by atoms with Crippen LogP contribution in [-0.4, -0.2) is 77.8 Å². The number of hydrogen-bond acceptors (Lipinski definition) is 9. The first-order valence-corrected chi connectivity index (χ1v) is 14.5. The molecule has 7 rings (SSSR count). The molecule has 5 fully saturated rings. The van der Waals surface area contributed by atoms with E-state index in [1.165, 1.54) is 6.08 Å². The maximum atomic E-state index is 14.2. The predicted molar refractivity (Wildman–Crippen MR) is 136 cm³/mol. The van der Waals surface area contributed by atoms with Crippen molar-refractivity contribution in [1.29, 1.82) is 0 Å². The molecule has 3 saturated carbocycles. The topological polar surface area (TPSA) is 121 Å². The van der Waals surface area contributed by atoms with E-state index in [2.05, 4.69) is 6.92 Å². The van der Waals surface area contributed by atoms with Gasteiger partial charge in [-0.2, -0.15) is 0 Å². The van der Waals surface area contributed by atoms with Crippen molar-refractivity contribution in [2.75, 3.05) is 13.7 Å². The average Bonchev–Trinajstić information content (AvgIpc) is 3.41. The van der Waals surface area contributed by atoms with Gasteiger partial charge in [0.05, 0.1) is 23.9 Å². The fourth-order valence-electron chi connectivity index (χ4n) is 9.77. The zero-order valence-electron chi connectivity index (χ0n) is 23.2. The van der Waals surface area contributed by atoms with Crippen molar-refractivity contribution in [1.82, 2.24) is 0 Å². The molecule has 7 aliphatic rings. The van der Waals surface area contributed by atoms with Crippen molar-refractivity contribution < 1.29 is 43.5 Å². The highest BCUT2D eigenvalue weighted by molar-refractivity contribution is 5.89. The Balaban J connectivity index is 1.19. The number of rotatable bonds is 2. The second-order valence-electron chi connectivity index (χ2n) is 13.6. The molecule has 0 unspecified atom stereocenters. The summed E-state index contributed by atoms with van der Waals surface area (Å²) >= 11 is 0. The van der Waals surface area contributed by atoms with E-state index in [4.69, 9.17) is 23.7 Å². The summed E-state index contributed by atoms with van der Waals surface area (Å²) in [5, 5.41) is 24.0. The largest absolute Gasteiger partial charge is 0.458 e. The molecule has 2 saturated heterocycles. The Hall–Kier alpha value is -1.62. The lowest BCUT2D eigenvalue weighted by Crippen LogP contribution is -2.71. The lowest BCUT2D eigenvalue weighted by molar-refractivity contribution is -0.459. The molecule has 0 aromatic heterocycles. The smallest absolute Gasteiger partial charge is 0.331 e. The Labute approximate surface area is 228 Å². The Morgan fingerprint density at radius 2 is 1.87 bits per heavy atom. The SMILES string of the molecule is CO[C@@H]1C[C@@H](C)O[C@H]2O[C@@H]3C[C@H]4CC[C@@H]5[C@@H](C(=O)C[C@]6(C)C(C7=CC(=O)OC7)=CC[C@]56O)[C@@]4(C)C[C@H]3O[C@]21O. The van der Waals surface area contributed by atoms with E-state index >= 15 is 0 Å². The van der Waals surface area contributed by atoms with Crippen LogP contribution < -0.4 is 0 Å². The predicted octanol–water partition coefficient (Wildman–Crippen LogP) is 2.57. The molecular weight excluding hydrogens is 504 g/mol. The van der Waals surface area contributed by atoms with Gasteiger partial charge in [-0.05, 0) is 61.9 Å². The first-order valence-electron chi connectivity index (χ1n) is 14.5. The molecular formula is C30H40O9. The van der Waals surface area contributed by atoms with Crippen LogP contribution in [0.1, 0.15) is 65.7 Å². The highest BCUT2D eigenvalue weighted by atomic mass is 16.8. The number of carbonyl (C=O) groups excluding carboxylic acids is 2. The van der Waals surface area contributed by atoms with Gasteiger partial charge in [-0.1, -0.05) is 19.9 Å². The Morgan fingerprint density at radius 3 is 2.59 bits per heavy atom. The summed E-state index contributed by atoms with van der Waals surface area (Å²) in [6, 6.07) is 0. The molecule has 214 valence electrons. The fourth-order valence-corrected chi connectivity index (χ4v) is 9.77. The van der Waals surface area contributed by atoms with Crippen molar-refractivity contribution in [2.24, 2.45) is 28.6 Å². The normalized spacial score (nSPS) is 54.4. The lowest BCUT2D eigenvalue weighted by Gasteiger charge is -2.64. The minimum Gasteiger partial charge on any atom is -0.458 e. The zero-order chi connectivity index (χ0) is 27.5. The van der Waals surface area contributed by atoms with E-state index in [1.807, 2.05) is 19.9 Å². The van der Waals surface area contributed by atoms with Crippen molar-refractivity contribution in [3.8, 4) is 0 Å². The van der Waals surface area contributed by atoms with Crippen molar-refractivity contribution >= 4 is 11.8 Å². The second-order valence-corrected chi connectivity index (χ2v) is 13.6. The van der Waals surface area contributed by atoms with E-state index in [0.29, 0.717) is 25.7 Å². The summed E-state index contributed by atoms with van der Waals surface area (Å²) in [7, 11) is 1.56. The number of Topliss-reactive ketones (excluding diaryl/α,β-unsaturated/α-hetero) is 1. The van der Waals surface area contributed by atoms with Crippen LogP contribution in [0.4, 0.5) is 0 Å². The first kappa shape index (κ1) is 26.3. The van der Waals surface area contributed by atoms with Gasteiger partial charge >= 0.3 is 5.97 Å². The zero-order valence-corrected chi connectivity index (χ0v) is 23.2. The van der Waals surface area contributed by atoms with E-state index in [0.717, 1.165) is 24.0 Å². The first-order chi connectivity index (χ1) is 18.4. The summed E-state index contributed by atoms with van der Waals surface area (Å²) in [4.78, 5) is 26.0. The average molecular weight is 545 g/mol. The van der Waals surface area contributed by atoms with Gasteiger partial charge < -0.3 is 33.9 Å². The van der Waals surface area contributed by atoms with E-state index in [1.54, 1.807) is 7.11 Å². The molecule has 0 bridgehead atoms. The van der Waals surface area contributed by atoms with Crippen molar-refractivity contribution in [3.63, 3.8) is 0 Å². The molecule has 4 aliphatic carbocycles. The van der Waals surface area contributed by atoms with Crippen LogP contribution >= 0.6 is 0 Å². The maximum Gasteiger partial charge on any atom is 0.331 e. The highest BCUT2D eigenvalue weighted by Gasteiger charge is 2.70. The van der Waals surface area contributed by atoms with Crippen LogP contribution in [0.3, 0.4) is 0 Å². The van der Waals surface area contributed by atoms with Gasteiger partial charge in [0.15, 0.2) is 0 Å². The van der Waals surface area contributed by atoms with Gasteiger partial charge in [0, 0.05) is 42.9 Å². The summed E-state index contributed by atoms with van der Waals surface area (Å²) < 4.78 is 29.6. The number of aliphatic hydroxyl groups is 2. The van der Waals surface area contributed by atoms with E-state index in [-0.39, 0.29) is 54.7 Å². The third kappa shape index (κ3) is 3.40. The fraction of sp³-hybridized carbons (Fsp3) is 0.800. The summed E-state index contributed by atoms with van der Waals surface area (Å²) in [6.07, 6.45) is 5.29. The molecule has 9 heteroatoms. The number of ketones is 1. The van der Waals surface area contributed by atoms with Crippen LogP contribution in [0.5, 0.6) is 0 Å². The van der Waals surface area contributed by atoms with E-state index in [9.17, 15) is 19.8 Å². The van der Waals surface area contributed by atoms with Crippen molar-refractivity contribution in [3.05, 3.63) is 23.3 Å². The van der Waals surface area contributed by atoms with Gasteiger partial charge in [-0.15, -0.1) is 0 Å². The van der Waals surface area contributed by atoms with Crippen LogP contribution in [0.25, 0.3) is 0 Å². The van der Waals surface area contributed by atoms with Crippen LogP contribution in [0, 0.1) is 28.6 Å². The summed E-state index contributed by atoms with van der Waals surface area (Å²) in [5.41, 5.74) is -0.601. The number of cyclic esters (lactones) is 1. The Bertz CT molecular complexity index is 1160. The second kappa shape index (κ2) is 8.46. The van der Waals surface area contributed by atoms with Gasteiger partial charge in [0.25, 0.3) is 0 Å². The van der Waals surface area contributed by atoms with Gasteiger partial charge in [0.2, 0.25) is 12.1 Å². The van der Waals surface area contributed by atoms with Crippen LogP contribution in [0.2, 0.25) is 0 Å². The Morgan fingerprint density at radius 1 is 1.08 bits per heavy atom. The third-order valence-electron chi connectivity index (χ3n) is 11.7. The molecule has 0 spiro atoms. The molecule has 3 aliphatic heterocycles. The number of esters is 1. The highest BCUT2D eigenvalue weighted by Crippen LogP contribution is 2.68. The number of fused-ring (bicyclic) bond motifs is 7. The molecule has 0 amide bonds. The quantitative estimate of drug-likeness (QED) is 0.399. The third-order valence-corrected chi connectivity index (χ3v) is 11.7. The monoisotopic (exact) mass is 544 g/mol. The molecule has 39 heavy (non-hydrogen) atoms. The molecule has 3 heterocycles. The number of hydrogen-bond donors (Lipinski definition) is 2. The van der Waals surface area contributed by atoms with Gasteiger partial charge in [-0.25, -0.2) is 4.79 Å². The Kier molecular flexibility index (Phi) is 5.70. The van der Waals surface area contributed by atoms with E-state index < -0.39 is 40.7 Å². The molecule has 0 aromatic rings. The molecule has 12 atom stereocenters.